The molecule has 0 aliphatic rings. The summed E-state index contributed by atoms with van der Waals surface area (Å²) in [5, 5.41) is 3.88. The highest BCUT2D eigenvalue weighted by atomic mass is 19.1. The predicted molar refractivity (Wildman–Crippen MR) is 94.2 cm³/mol. The van der Waals surface area contributed by atoms with Crippen molar-refractivity contribution in [2.75, 3.05) is 0 Å². The summed E-state index contributed by atoms with van der Waals surface area (Å²) in [6.45, 7) is 3.90. The van der Waals surface area contributed by atoms with Crippen LogP contribution in [-0.4, -0.2) is 16.1 Å². The molecule has 0 amide bonds. The molecule has 3 aromatic rings. The molecule has 0 saturated carbocycles. The van der Waals surface area contributed by atoms with Crippen molar-refractivity contribution in [3.63, 3.8) is 0 Å². The lowest BCUT2D eigenvalue weighted by molar-refractivity contribution is -0.134. The lowest BCUT2D eigenvalue weighted by Gasteiger charge is -2.07. The third-order valence-electron chi connectivity index (χ3n) is 3.90. The zero-order chi connectivity index (χ0) is 18.5. The number of nitrogens with zero attached hydrogens (tertiary/aromatic N) is 2. The number of hydrogen-bond acceptors (Lipinski definition) is 5. The smallest absolute Gasteiger partial charge is 0.311 e. The van der Waals surface area contributed by atoms with Crippen LogP contribution in [-0.2, 0) is 11.2 Å². The maximum Gasteiger partial charge on any atom is 0.311 e. The number of esters is 1. The van der Waals surface area contributed by atoms with E-state index in [0.29, 0.717) is 35.9 Å². The van der Waals surface area contributed by atoms with Gasteiger partial charge < -0.3 is 9.26 Å². The molecule has 134 valence electrons. The van der Waals surface area contributed by atoms with Gasteiger partial charge in [0, 0.05) is 18.4 Å². The molecule has 0 N–H and O–H groups in total. The SMILES string of the molecule is Cc1ccc(OC(=O)CCCc2nc(-c3ccc(F)cc3)no2)c(C)c1. The van der Waals surface area contributed by atoms with Gasteiger partial charge in [-0.05, 0) is 56.2 Å². The topological polar surface area (TPSA) is 65.2 Å². The van der Waals surface area contributed by atoms with Gasteiger partial charge in [0.25, 0.3) is 0 Å². The van der Waals surface area contributed by atoms with E-state index in [9.17, 15) is 9.18 Å². The fourth-order valence-corrected chi connectivity index (χ4v) is 2.54. The van der Waals surface area contributed by atoms with Crippen LogP contribution in [0.25, 0.3) is 11.4 Å². The minimum Gasteiger partial charge on any atom is -0.426 e. The summed E-state index contributed by atoms with van der Waals surface area (Å²) in [7, 11) is 0. The lowest BCUT2D eigenvalue weighted by Crippen LogP contribution is -2.09. The zero-order valence-electron chi connectivity index (χ0n) is 14.7. The van der Waals surface area contributed by atoms with Gasteiger partial charge in [0.1, 0.15) is 11.6 Å². The number of aryl methyl sites for hydroxylation is 3. The second kappa shape index (κ2) is 7.91. The van der Waals surface area contributed by atoms with Crippen LogP contribution in [0.1, 0.15) is 29.9 Å². The summed E-state index contributed by atoms with van der Waals surface area (Å²) >= 11 is 0. The highest BCUT2D eigenvalue weighted by Crippen LogP contribution is 2.20. The molecule has 3 rings (SSSR count). The van der Waals surface area contributed by atoms with Crippen LogP contribution < -0.4 is 4.74 Å². The van der Waals surface area contributed by atoms with Crippen molar-refractivity contribution in [2.45, 2.75) is 33.1 Å². The second-order valence-corrected chi connectivity index (χ2v) is 6.12. The van der Waals surface area contributed by atoms with E-state index in [1.807, 2.05) is 26.0 Å². The Balaban J connectivity index is 1.50. The first-order valence-corrected chi connectivity index (χ1v) is 8.38. The summed E-state index contributed by atoms with van der Waals surface area (Å²) in [4.78, 5) is 16.2. The van der Waals surface area contributed by atoms with Crippen molar-refractivity contribution < 1.29 is 18.4 Å². The number of hydrogen-bond donors (Lipinski definition) is 0. The molecule has 5 nitrogen and oxygen atoms in total. The van der Waals surface area contributed by atoms with E-state index in [0.717, 1.165) is 11.1 Å². The van der Waals surface area contributed by atoms with Crippen molar-refractivity contribution in [1.82, 2.24) is 10.1 Å². The van der Waals surface area contributed by atoms with E-state index < -0.39 is 0 Å². The number of halogens is 1. The average Bonchev–Trinajstić information content (AvgIpc) is 3.07. The molecular weight excluding hydrogens is 335 g/mol. The Hall–Kier alpha value is -3.02. The number of rotatable bonds is 6. The molecule has 0 unspecified atom stereocenters. The van der Waals surface area contributed by atoms with Gasteiger partial charge in [-0.3, -0.25) is 4.79 Å². The first-order chi connectivity index (χ1) is 12.5. The minimum absolute atomic E-state index is 0.252. The number of ether oxygens (including phenoxy) is 1. The average molecular weight is 354 g/mol. The van der Waals surface area contributed by atoms with Crippen LogP contribution in [0.5, 0.6) is 5.75 Å². The molecule has 0 radical (unpaired) electrons. The Morgan fingerprint density at radius 3 is 2.65 bits per heavy atom. The molecule has 1 heterocycles. The van der Waals surface area contributed by atoms with Crippen molar-refractivity contribution in [3.8, 4) is 17.1 Å². The highest BCUT2D eigenvalue weighted by molar-refractivity contribution is 5.72. The van der Waals surface area contributed by atoms with E-state index in [4.69, 9.17) is 9.26 Å². The normalized spacial score (nSPS) is 10.7. The molecule has 0 spiro atoms. The number of carbonyl (C=O) groups is 1. The fraction of sp³-hybridized carbons (Fsp3) is 0.250. The van der Waals surface area contributed by atoms with Gasteiger partial charge in [-0.2, -0.15) is 4.98 Å². The fourth-order valence-electron chi connectivity index (χ4n) is 2.54. The molecule has 6 heteroatoms. The molecule has 0 aliphatic carbocycles. The van der Waals surface area contributed by atoms with Crippen LogP contribution in [0.4, 0.5) is 4.39 Å². The summed E-state index contributed by atoms with van der Waals surface area (Å²) < 4.78 is 23.5. The van der Waals surface area contributed by atoms with E-state index in [1.54, 1.807) is 18.2 Å². The standard InChI is InChI=1S/C20H19FN2O3/c1-13-6-11-17(14(2)12-13)25-19(24)5-3-4-18-22-20(23-26-18)15-7-9-16(21)10-8-15/h6-12H,3-5H2,1-2H3. The van der Waals surface area contributed by atoms with Gasteiger partial charge in [-0.15, -0.1) is 0 Å². The first kappa shape index (κ1) is 17.8. The minimum atomic E-state index is -0.320. The summed E-state index contributed by atoms with van der Waals surface area (Å²) in [6, 6.07) is 11.5. The lowest BCUT2D eigenvalue weighted by atomic mass is 10.1. The van der Waals surface area contributed by atoms with E-state index in [2.05, 4.69) is 10.1 Å². The van der Waals surface area contributed by atoms with Gasteiger partial charge in [0.15, 0.2) is 0 Å². The summed E-state index contributed by atoms with van der Waals surface area (Å²) in [5.74, 6) is 0.800. The summed E-state index contributed by atoms with van der Waals surface area (Å²) in [5.41, 5.74) is 2.73. The monoisotopic (exact) mass is 354 g/mol. The molecule has 0 bridgehead atoms. The van der Waals surface area contributed by atoms with E-state index in [-0.39, 0.29) is 18.2 Å². The quantitative estimate of drug-likeness (QED) is 0.484. The van der Waals surface area contributed by atoms with Crippen LogP contribution >= 0.6 is 0 Å². The summed E-state index contributed by atoms with van der Waals surface area (Å²) in [6.07, 6.45) is 1.26. The van der Waals surface area contributed by atoms with Crippen LogP contribution in [0.3, 0.4) is 0 Å². The Labute approximate surface area is 150 Å². The van der Waals surface area contributed by atoms with Crippen molar-refractivity contribution in [2.24, 2.45) is 0 Å². The Bertz CT molecular complexity index is 904. The second-order valence-electron chi connectivity index (χ2n) is 6.12. The Morgan fingerprint density at radius 1 is 1.15 bits per heavy atom. The van der Waals surface area contributed by atoms with Gasteiger partial charge >= 0.3 is 5.97 Å². The third kappa shape index (κ3) is 4.53. The number of carbonyl (C=O) groups excluding carboxylic acids is 1. The molecule has 1 aromatic heterocycles. The molecule has 26 heavy (non-hydrogen) atoms. The van der Waals surface area contributed by atoms with Gasteiger partial charge in [0.2, 0.25) is 11.7 Å². The maximum absolute atomic E-state index is 12.9. The third-order valence-corrected chi connectivity index (χ3v) is 3.90. The van der Waals surface area contributed by atoms with Gasteiger partial charge in [0.05, 0.1) is 0 Å². The highest BCUT2D eigenvalue weighted by Gasteiger charge is 2.11. The Morgan fingerprint density at radius 2 is 1.92 bits per heavy atom. The number of benzene rings is 2. The Kier molecular flexibility index (Phi) is 5.41. The molecular formula is C20H19FN2O3. The first-order valence-electron chi connectivity index (χ1n) is 8.38. The molecule has 0 saturated heterocycles. The maximum atomic E-state index is 12.9. The molecule has 0 atom stereocenters. The van der Waals surface area contributed by atoms with E-state index in [1.165, 1.54) is 12.1 Å². The zero-order valence-corrected chi connectivity index (χ0v) is 14.7. The largest absolute Gasteiger partial charge is 0.426 e. The van der Waals surface area contributed by atoms with Crippen LogP contribution in [0.2, 0.25) is 0 Å². The van der Waals surface area contributed by atoms with Crippen molar-refractivity contribution in [1.29, 1.82) is 0 Å². The number of aromatic nitrogens is 2. The molecule has 0 aliphatic heterocycles. The molecule has 0 fully saturated rings. The van der Waals surface area contributed by atoms with Gasteiger partial charge in [-0.25, -0.2) is 4.39 Å². The van der Waals surface area contributed by atoms with Crippen LogP contribution in [0.15, 0.2) is 47.0 Å². The van der Waals surface area contributed by atoms with Gasteiger partial charge in [-0.1, -0.05) is 22.9 Å². The van der Waals surface area contributed by atoms with Crippen molar-refractivity contribution in [3.05, 3.63) is 65.3 Å². The van der Waals surface area contributed by atoms with E-state index >= 15 is 0 Å². The van der Waals surface area contributed by atoms with Crippen molar-refractivity contribution >= 4 is 5.97 Å². The molecule has 2 aromatic carbocycles. The predicted octanol–water partition coefficient (Wildman–Crippen LogP) is 4.42. The van der Waals surface area contributed by atoms with Crippen LogP contribution in [0, 0.1) is 19.7 Å².